The Morgan fingerprint density at radius 3 is 2.95 bits per heavy atom. The lowest BCUT2D eigenvalue weighted by atomic mass is 9.90. The van der Waals surface area contributed by atoms with E-state index in [4.69, 9.17) is 0 Å². The smallest absolute Gasteiger partial charge is 0.0652 e. The average Bonchev–Trinajstić information content (AvgIpc) is 3.02. The zero-order chi connectivity index (χ0) is 13.6. The second kappa shape index (κ2) is 4.45. The van der Waals surface area contributed by atoms with E-state index in [-0.39, 0.29) is 5.54 Å². The normalized spacial score (nSPS) is 26.1. The highest BCUT2D eigenvalue weighted by atomic mass is 15.3. The van der Waals surface area contributed by atoms with Crippen molar-refractivity contribution in [2.45, 2.75) is 44.1 Å². The fourth-order valence-corrected chi connectivity index (χ4v) is 3.34. The van der Waals surface area contributed by atoms with E-state index in [1.54, 1.807) is 0 Å². The summed E-state index contributed by atoms with van der Waals surface area (Å²) in [5.41, 5.74) is 4.07. The van der Waals surface area contributed by atoms with Crippen molar-refractivity contribution in [3.8, 4) is 5.69 Å². The van der Waals surface area contributed by atoms with E-state index in [1.807, 2.05) is 6.20 Å². The largest absolute Gasteiger partial charge is 0.308 e. The predicted molar refractivity (Wildman–Crippen MR) is 80.1 cm³/mol. The Hall–Kier alpha value is -1.61. The third kappa shape index (κ3) is 1.97. The lowest BCUT2D eigenvalue weighted by Gasteiger charge is -2.25. The molecule has 2 fully saturated rings. The maximum atomic E-state index is 4.53. The van der Waals surface area contributed by atoms with Crippen molar-refractivity contribution < 1.29 is 0 Å². The molecule has 104 valence electrons. The Morgan fingerprint density at radius 1 is 1.30 bits per heavy atom. The van der Waals surface area contributed by atoms with Crippen LogP contribution in [0.15, 0.2) is 36.5 Å². The summed E-state index contributed by atoms with van der Waals surface area (Å²) in [6.07, 6.45) is 7.02. The summed E-state index contributed by atoms with van der Waals surface area (Å²) < 4.78 is 2.12. The van der Waals surface area contributed by atoms with Gasteiger partial charge in [0.15, 0.2) is 0 Å². The van der Waals surface area contributed by atoms with Gasteiger partial charge in [0.05, 0.1) is 5.69 Å². The van der Waals surface area contributed by atoms with Crippen LogP contribution in [0.4, 0.5) is 0 Å². The second-order valence-electron chi connectivity index (χ2n) is 6.35. The Kier molecular flexibility index (Phi) is 2.71. The molecular weight excluding hydrogens is 246 g/mol. The first-order valence-electron chi connectivity index (χ1n) is 7.66. The maximum Gasteiger partial charge on any atom is 0.0652 e. The molecular formula is C17H21N3. The van der Waals surface area contributed by atoms with Gasteiger partial charge in [-0.2, -0.15) is 5.10 Å². The number of aromatic nitrogens is 2. The Bertz CT molecular complexity index is 619. The van der Waals surface area contributed by atoms with Crippen molar-refractivity contribution >= 4 is 0 Å². The summed E-state index contributed by atoms with van der Waals surface area (Å²) in [5.74, 6) is 0.723. The van der Waals surface area contributed by atoms with Gasteiger partial charge < -0.3 is 5.32 Å². The van der Waals surface area contributed by atoms with Crippen molar-refractivity contribution in [1.29, 1.82) is 0 Å². The van der Waals surface area contributed by atoms with Gasteiger partial charge in [0.25, 0.3) is 0 Å². The molecule has 1 aliphatic carbocycles. The van der Waals surface area contributed by atoms with Gasteiger partial charge in [-0.3, -0.25) is 0 Å². The number of benzene rings is 1. The van der Waals surface area contributed by atoms with Crippen molar-refractivity contribution in [2.75, 3.05) is 6.54 Å². The average molecular weight is 267 g/mol. The Labute approximate surface area is 120 Å². The summed E-state index contributed by atoms with van der Waals surface area (Å²) in [6, 6.07) is 11.0. The highest BCUT2D eigenvalue weighted by molar-refractivity contribution is 5.40. The SMILES string of the molecule is CC1(c2cccc(-n3nccc3C3CC3)c2)CCCN1. The molecule has 2 aromatic rings. The number of nitrogens with zero attached hydrogens (tertiary/aromatic N) is 2. The third-order valence-electron chi connectivity index (χ3n) is 4.76. The van der Waals surface area contributed by atoms with Gasteiger partial charge in [0.1, 0.15) is 0 Å². The van der Waals surface area contributed by atoms with Crippen LogP contribution in [-0.4, -0.2) is 16.3 Å². The van der Waals surface area contributed by atoms with Gasteiger partial charge in [0.2, 0.25) is 0 Å². The van der Waals surface area contributed by atoms with Gasteiger partial charge >= 0.3 is 0 Å². The molecule has 1 aromatic heterocycles. The van der Waals surface area contributed by atoms with Crippen LogP contribution in [0, 0.1) is 0 Å². The molecule has 3 nitrogen and oxygen atoms in total. The Morgan fingerprint density at radius 2 is 2.20 bits per heavy atom. The molecule has 1 unspecified atom stereocenters. The molecule has 0 radical (unpaired) electrons. The van der Waals surface area contributed by atoms with Crippen molar-refractivity contribution in [3.05, 3.63) is 47.8 Å². The zero-order valence-electron chi connectivity index (χ0n) is 12.0. The predicted octanol–water partition coefficient (Wildman–Crippen LogP) is 3.35. The van der Waals surface area contributed by atoms with Crippen LogP contribution in [0.5, 0.6) is 0 Å². The molecule has 1 aromatic carbocycles. The lowest BCUT2D eigenvalue weighted by Crippen LogP contribution is -2.33. The van der Waals surface area contributed by atoms with E-state index in [2.05, 4.69) is 52.4 Å². The second-order valence-corrected chi connectivity index (χ2v) is 6.35. The molecule has 1 saturated heterocycles. The summed E-state index contributed by atoms with van der Waals surface area (Å²) in [4.78, 5) is 0. The molecule has 1 aliphatic heterocycles. The van der Waals surface area contributed by atoms with Crippen LogP contribution in [-0.2, 0) is 5.54 Å². The Balaban J connectivity index is 1.73. The van der Waals surface area contributed by atoms with E-state index in [0.717, 1.165) is 12.5 Å². The van der Waals surface area contributed by atoms with Crippen molar-refractivity contribution in [3.63, 3.8) is 0 Å². The third-order valence-corrected chi connectivity index (χ3v) is 4.76. The standard InChI is InChI=1S/C17H21N3/c1-17(9-3-10-18-17)14-4-2-5-15(12-14)20-16(8-11-19-20)13-6-7-13/h2,4-5,8,11-13,18H,3,6-7,9-10H2,1H3. The summed E-state index contributed by atoms with van der Waals surface area (Å²) >= 11 is 0. The fourth-order valence-electron chi connectivity index (χ4n) is 3.34. The fraction of sp³-hybridized carbons (Fsp3) is 0.471. The molecule has 0 amide bonds. The summed E-state index contributed by atoms with van der Waals surface area (Å²) in [7, 11) is 0. The van der Waals surface area contributed by atoms with E-state index in [9.17, 15) is 0 Å². The topological polar surface area (TPSA) is 29.9 Å². The maximum absolute atomic E-state index is 4.53. The molecule has 0 bridgehead atoms. The molecule has 20 heavy (non-hydrogen) atoms. The van der Waals surface area contributed by atoms with Crippen LogP contribution in [0.1, 0.15) is 49.8 Å². The highest BCUT2D eigenvalue weighted by Crippen LogP contribution is 2.40. The first-order valence-corrected chi connectivity index (χ1v) is 7.66. The number of hydrogen-bond acceptors (Lipinski definition) is 2. The zero-order valence-corrected chi connectivity index (χ0v) is 12.0. The highest BCUT2D eigenvalue weighted by Gasteiger charge is 2.31. The van der Waals surface area contributed by atoms with Crippen LogP contribution >= 0.6 is 0 Å². The molecule has 0 spiro atoms. The van der Waals surface area contributed by atoms with Crippen molar-refractivity contribution in [2.24, 2.45) is 0 Å². The molecule has 4 rings (SSSR count). The van der Waals surface area contributed by atoms with E-state index < -0.39 is 0 Å². The number of nitrogens with one attached hydrogen (secondary N) is 1. The molecule has 1 N–H and O–H groups in total. The molecule has 1 atom stereocenters. The van der Waals surface area contributed by atoms with E-state index in [1.165, 1.54) is 42.6 Å². The molecule has 2 aliphatic rings. The molecule has 2 heterocycles. The van der Waals surface area contributed by atoms with Crippen LogP contribution in [0.25, 0.3) is 5.69 Å². The quantitative estimate of drug-likeness (QED) is 0.924. The molecule has 1 saturated carbocycles. The van der Waals surface area contributed by atoms with Crippen LogP contribution < -0.4 is 5.32 Å². The minimum atomic E-state index is 0.128. The van der Waals surface area contributed by atoms with Crippen molar-refractivity contribution in [1.82, 2.24) is 15.1 Å². The monoisotopic (exact) mass is 267 g/mol. The molecule has 3 heteroatoms. The minimum Gasteiger partial charge on any atom is -0.308 e. The number of rotatable bonds is 3. The summed E-state index contributed by atoms with van der Waals surface area (Å²) in [5, 5.41) is 8.18. The van der Waals surface area contributed by atoms with Gasteiger partial charge in [-0.25, -0.2) is 4.68 Å². The summed E-state index contributed by atoms with van der Waals surface area (Å²) in [6.45, 7) is 3.43. The van der Waals surface area contributed by atoms with Crippen LogP contribution in [0.3, 0.4) is 0 Å². The van der Waals surface area contributed by atoms with Crippen LogP contribution in [0.2, 0.25) is 0 Å². The first-order chi connectivity index (χ1) is 9.76. The number of hydrogen-bond donors (Lipinski definition) is 1. The van der Waals surface area contributed by atoms with E-state index >= 15 is 0 Å². The van der Waals surface area contributed by atoms with Gasteiger partial charge in [-0.05, 0) is 62.9 Å². The minimum absolute atomic E-state index is 0.128. The van der Waals surface area contributed by atoms with E-state index in [0.29, 0.717) is 0 Å². The van der Waals surface area contributed by atoms with Gasteiger partial charge in [-0.15, -0.1) is 0 Å². The van der Waals surface area contributed by atoms with Gasteiger partial charge in [0, 0.05) is 23.3 Å². The lowest BCUT2D eigenvalue weighted by molar-refractivity contribution is 0.434. The van der Waals surface area contributed by atoms with Gasteiger partial charge in [-0.1, -0.05) is 12.1 Å². The first kappa shape index (κ1) is 12.2.